The van der Waals surface area contributed by atoms with E-state index in [-0.39, 0.29) is 0 Å². The molecule has 0 heterocycles. The molecule has 2 nitrogen and oxygen atoms in total. The standard InChI is InChI=1S/C12H16O2/c1-14-12-5-4-10-6-9(8-13)2-3-11(10)7-12/h4-5,7,9,13H,2-3,6,8H2,1H3/t9-/m1/s1. The molecule has 0 radical (unpaired) electrons. The Balaban J connectivity index is 2.23. The lowest BCUT2D eigenvalue weighted by Crippen LogP contribution is -2.17. The average Bonchev–Trinajstić information content (AvgIpc) is 2.27. The highest BCUT2D eigenvalue weighted by Crippen LogP contribution is 2.28. The van der Waals surface area contributed by atoms with Gasteiger partial charge in [-0.3, -0.25) is 0 Å². The first-order valence-corrected chi connectivity index (χ1v) is 5.10. The van der Waals surface area contributed by atoms with Crippen molar-refractivity contribution in [1.82, 2.24) is 0 Å². The van der Waals surface area contributed by atoms with Gasteiger partial charge < -0.3 is 9.84 Å². The fourth-order valence-corrected chi connectivity index (χ4v) is 2.09. The molecule has 1 N–H and O–H groups in total. The van der Waals surface area contributed by atoms with Crippen molar-refractivity contribution in [3.05, 3.63) is 29.3 Å². The Bertz CT molecular complexity index is 320. The lowest BCUT2D eigenvalue weighted by molar-refractivity contribution is 0.213. The number of rotatable bonds is 2. The summed E-state index contributed by atoms with van der Waals surface area (Å²) in [6.07, 6.45) is 3.17. The predicted octanol–water partition coefficient (Wildman–Crippen LogP) is 1.79. The van der Waals surface area contributed by atoms with Crippen molar-refractivity contribution in [2.45, 2.75) is 19.3 Å². The smallest absolute Gasteiger partial charge is 0.119 e. The first kappa shape index (κ1) is 9.53. The molecule has 1 aliphatic rings. The Morgan fingerprint density at radius 2 is 2.29 bits per heavy atom. The van der Waals surface area contributed by atoms with E-state index in [2.05, 4.69) is 12.1 Å². The number of hydrogen-bond acceptors (Lipinski definition) is 2. The zero-order valence-corrected chi connectivity index (χ0v) is 8.49. The monoisotopic (exact) mass is 192 g/mol. The highest BCUT2D eigenvalue weighted by molar-refractivity contribution is 5.37. The molecular formula is C12H16O2. The Morgan fingerprint density at radius 1 is 1.43 bits per heavy atom. The van der Waals surface area contributed by atoms with E-state index in [1.807, 2.05) is 6.07 Å². The molecule has 0 amide bonds. The summed E-state index contributed by atoms with van der Waals surface area (Å²) in [6.45, 7) is 0.311. The van der Waals surface area contributed by atoms with Gasteiger partial charge in [0.15, 0.2) is 0 Å². The Morgan fingerprint density at radius 3 is 3.00 bits per heavy atom. The quantitative estimate of drug-likeness (QED) is 0.774. The van der Waals surface area contributed by atoms with E-state index in [1.165, 1.54) is 11.1 Å². The molecule has 76 valence electrons. The molecular weight excluding hydrogens is 176 g/mol. The molecule has 0 aromatic heterocycles. The third-order valence-electron chi connectivity index (χ3n) is 3.00. The van der Waals surface area contributed by atoms with Gasteiger partial charge in [-0.25, -0.2) is 0 Å². The number of aryl methyl sites for hydroxylation is 1. The molecule has 0 saturated carbocycles. The normalized spacial score (nSPS) is 20.3. The van der Waals surface area contributed by atoms with Crippen LogP contribution in [0.15, 0.2) is 18.2 Å². The number of fused-ring (bicyclic) bond motifs is 1. The lowest BCUT2D eigenvalue weighted by Gasteiger charge is -2.23. The summed E-state index contributed by atoms with van der Waals surface area (Å²) in [6, 6.07) is 6.23. The van der Waals surface area contributed by atoms with E-state index >= 15 is 0 Å². The van der Waals surface area contributed by atoms with Crippen molar-refractivity contribution < 1.29 is 9.84 Å². The first-order chi connectivity index (χ1) is 6.83. The number of methoxy groups -OCH3 is 1. The van der Waals surface area contributed by atoms with Crippen molar-refractivity contribution in [3.63, 3.8) is 0 Å². The number of aliphatic hydroxyl groups is 1. The zero-order valence-electron chi connectivity index (χ0n) is 8.49. The minimum atomic E-state index is 0.311. The molecule has 0 fully saturated rings. The Kier molecular flexibility index (Phi) is 2.73. The van der Waals surface area contributed by atoms with Gasteiger partial charge in [-0.05, 0) is 48.4 Å². The van der Waals surface area contributed by atoms with Gasteiger partial charge in [-0.1, -0.05) is 6.07 Å². The van der Waals surface area contributed by atoms with Crippen LogP contribution in [-0.2, 0) is 12.8 Å². The van der Waals surface area contributed by atoms with Crippen molar-refractivity contribution in [2.24, 2.45) is 5.92 Å². The second-order valence-electron chi connectivity index (χ2n) is 3.93. The molecule has 0 saturated heterocycles. The van der Waals surface area contributed by atoms with Crippen molar-refractivity contribution in [3.8, 4) is 5.75 Å². The van der Waals surface area contributed by atoms with Gasteiger partial charge in [-0.15, -0.1) is 0 Å². The van der Waals surface area contributed by atoms with Crippen molar-refractivity contribution in [2.75, 3.05) is 13.7 Å². The van der Waals surface area contributed by atoms with E-state index in [9.17, 15) is 0 Å². The second-order valence-corrected chi connectivity index (χ2v) is 3.93. The summed E-state index contributed by atoms with van der Waals surface area (Å²) in [5.74, 6) is 1.39. The van der Waals surface area contributed by atoms with Crippen molar-refractivity contribution in [1.29, 1.82) is 0 Å². The fourth-order valence-electron chi connectivity index (χ4n) is 2.09. The lowest BCUT2D eigenvalue weighted by atomic mass is 9.84. The number of aliphatic hydroxyl groups excluding tert-OH is 1. The topological polar surface area (TPSA) is 29.5 Å². The fraction of sp³-hybridized carbons (Fsp3) is 0.500. The summed E-state index contributed by atoms with van der Waals surface area (Å²) >= 11 is 0. The van der Waals surface area contributed by atoms with Crippen molar-refractivity contribution >= 4 is 0 Å². The van der Waals surface area contributed by atoms with Crippen LogP contribution in [0.1, 0.15) is 17.5 Å². The maximum absolute atomic E-state index is 9.09. The number of hydrogen-bond donors (Lipinski definition) is 1. The van der Waals surface area contributed by atoms with Gasteiger partial charge >= 0.3 is 0 Å². The molecule has 1 aromatic rings. The molecule has 2 heteroatoms. The van der Waals surface area contributed by atoms with Crippen LogP contribution in [0.25, 0.3) is 0 Å². The highest BCUT2D eigenvalue weighted by Gasteiger charge is 2.17. The molecule has 1 aromatic carbocycles. The van der Waals surface area contributed by atoms with Gasteiger partial charge in [0.2, 0.25) is 0 Å². The molecule has 1 atom stereocenters. The van der Waals surface area contributed by atoms with Gasteiger partial charge in [0.05, 0.1) is 7.11 Å². The molecule has 0 unspecified atom stereocenters. The Labute approximate surface area is 84.5 Å². The second kappa shape index (κ2) is 4.01. The third kappa shape index (κ3) is 1.75. The van der Waals surface area contributed by atoms with Crippen LogP contribution in [-0.4, -0.2) is 18.8 Å². The van der Waals surface area contributed by atoms with E-state index in [0.29, 0.717) is 12.5 Å². The largest absolute Gasteiger partial charge is 0.497 e. The summed E-state index contributed by atoms with van der Waals surface area (Å²) < 4.78 is 5.18. The molecule has 0 bridgehead atoms. The van der Waals surface area contributed by atoms with Crippen LogP contribution in [0.5, 0.6) is 5.75 Å². The number of benzene rings is 1. The summed E-state index contributed by atoms with van der Waals surface area (Å²) in [7, 11) is 1.70. The summed E-state index contributed by atoms with van der Waals surface area (Å²) in [5.41, 5.74) is 2.75. The van der Waals surface area contributed by atoms with E-state index in [0.717, 1.165) is 25.0 Å². The van der Waals surface area contributed by atoms with Crippen LogP contribution in [0.2, 0.25) is 0 Å². The van der Waals surface area contributed by atoms with Gasteiger partial charge in [0.1, 0.15) is 5.75 Å². The SMILES string of the molecule is COc1ccc2c(c1)CC[C@@H](CO)C2. The molecule has 0 aliphatic heterocycles. The predicted molar refractivity (Wildman–Crippen MR) is 55.6 cm³/mol. The van der Waals surface area contributed by atoms with Crippen LogP contribution in [0.3, 0.4) is 0 Å². The van der Waals surface area contributed by atoms with E-state index < -0.39 is 0 Å². The van der Waals surface area contributed by atoms with E-state index in [4.69, 9.17) is 9.84 Å². The van der Waals surface area contributed by atoms with E-state index in [1.54, 1.807) is 7.11 Å². The zero-order chi connectivity index (χ0) is 9.97. The minimum absolute atomic E-state index is 0.311. The maximum atomic E-state index is 9.09. The molecule has 14 heavy (non-hydrogen) atoms. The van der Waals surface area contributed by atoms with Crippen LogP contribution >= 0.6 is 0 Å². The van der Waals surface area contributed by atoms with Gasteiger partial charge in [-0.2, -0.15) is 0 Å². The van der Waals surface area contributed by atoms with Crippen LogP contribution < -0.4 is 4.74 Å². The first-order valence-electron chi connectivity index (χ1n) is 5.10. The molecule has 1 aliphatic carbocycles. The molecule has 2 rings (SSSR count). The summed E-state index contributed by atoms with van der Waals surface area (Å²) in [4.78, 5) is 0. The van der Waals surface area contributed by atoms with Crippen LogP contribution in [0.4, 0.5) is 0 Å². The average molecular weight is 192 g/mol. The molecule has 0 spiro atoms. The highest BCUT2D eigenvalue weighted by atomic mass is 16.5. The third-order valence-corrected chi connectivity index (χ3v) is 3.00. The Hall–Kier alpha value is -1.02. The van der Waals surface area contributed by atoms with Gasteiger partial charge in [0.25, 0.3) is 0 Å². The van der Waals surface area contributed by atoms with Crippen LogP contribution in [0, 0.1) is 5.92 Å². The maximum Gasteiger partial charge on any atom is 0.119 e. The minimum Gasteiger partial charge on any atom is -0.497 e. The summed E-state index contributed by atoms with van der Waals surface area (Å²) in [5, 5.41) is 9.09. The van der Waals surface area contributed by atoms with Gasteiger partial charge in [0, 0.05) is 6.61 Å². The number of ether oxygens (including phenoxy) is 1.